The van der Waals surface area contributed by atoms with Crippen LogP contribution in [0.4, 0.5) is 5.69 Å². The summed E-state index contributed by atoms with van der Waals surface area (Å²) in [4.78, 5) is 45.0. The fraction of sp³-hybridized carbons (Fsp3) is 0.296. The van der Waals surface area contributed by atoms with Crippen molar-refractivity contribution in [3.63, 3.8) is 0 Å². The highest BCUT2D eigenvalue weighted by Gasteiger charge is 2.26. The van der Waals surface area contributed by atoms with Crippen LogP contribution in [-0.4, -0.2) is 74.4 Å². The second kappa shape index (κ2) is 10.2. The minimum absolute atomic E-state index is 0.0575. The molecular weight excluding hydrogens is 512 g/mol. The molecule has 0 saturated carbocycles. The number of halogens is 1. The number of amides is 3. The molecular formula is C27H27ClN4O4S. The van der Waals surface area contributed by atoms with Gasteiger partial charge in [0, 0.05) is 61.2 Å². The number of carbonyl (C=O) groups excluding carboxylic acids is 3. The number of piperazine rings is 1. The molecule has 1 aromatic heterocycles. The van der Waals surface area contributed by atoms with E-state index in [2.05, 4.69) is 4.90 Å². The van der Waals surface area contributed by atoms with Gasteiger partial charge in [-0.1, -0.05) is 11.6 Å². The normalized spacial score (nSPS) is 15.3. The van der Waals surface area contributed by atoms with Gasteiger partial charge in [-0.05, 0) is 55.1 Å². The maximum Gasteiger partial charge on any atom is 0.268 e. The summed E-state index contributed by atoms with van der Waals surface area (Å²) < 4.78 is 5.85. The van der Waals surface area contributed by atoms with E-state index in [0.29, 0.717) is 58.6 Å². The Morgan fingerprint density at radius 3 is 2.46 bits per heavy atom. The lowest BCUT2D eigenvalue weighted by molar-refractivity contribution is 0.0664. The van der Waals surface area contributed by atoms with Crippen LogP contribution in [0.3, 0.4) is 0 Å². The molecule has 0 unspecified atom stereocenters. The number of fused-ring (bicyclic) bond motifs is 3. The Bertz CT molecular complexity index is 1400. The maximum atomic E-state index is 13.5. The summed E-state index contributed by atoms with van der Waals surface area (Å²) in [6, 6.07) is 12.1. The molecule has 0 bridgehead atoms. The summed E-state index contributed by atoms with van der Waals surface area (Å²) in [5, 5.41) is 0.340. The number of anilines is 1. The second-order valence-electron chi connectivity index (χ2n) is 9.26. The van der Waals surface area contributed by atoms with Gasteiger partial charge in [0.15, 0.2) is 0 Å². The number of nitrogens with zero attached hydrogens (tertiary/aromatic N) is 3. The first-order chi connectivity index (χ1) is 17.7. The molecule has 2 aliphatic heterocycles. The number of carbonyl (C=O) groups is 3. The van der Waals surface area contributed by atoms with E-state index in [-0.39, 0.29) is 11.8 Å². The third kappa shape index (κ3) is 4.94. The number of likely N-dealkylation sites (N-methyl/N-ethyl adjacent to an activating group) is 1. The zero-order chi connectivity index (χ0) is 26.3. The minimum atomic E-state index is -0.521. The first-order valence-electron chi connectivity index (χ1n) is 12.0. The standard InChI is InChI=1S/C27H27ClN4O4S/c1-30-8-10-32(11-9-30)26(34)18-4-6-21(20(28)13-18)31(2)27(35)23-15-16-7-12-36-22-14-17(25(29)33)3-5-19(22)24(16)37-23/h3-6,13-15H,7-12H2,1-2H3,(H2,29,33). The van der Waals surface area contributed by atoms with Gasteiger partial charge >= 0.3 is 0 Å². The van der Waals surface area contributed by atoms with Gasteiger partial charge in [0.05, 0.1) is 22.2 Å². The molecule has 1 fully saturated rings. The van der Waals surface area contributed by atoms with E-state index in [1.807, 2.05) is 18.0 Å². The molecule has 3 aromatic rings. The Morgan fingerprint density at radius 1 is 1.03 bits per heavy atom. The van der Waals surface area contributed by atoms with Crippen LogP contribution in [0.5, 0.6) is 5.75 Å². The zero-order valence-corrected chi connectivity index (χ0v) is 22.2. The molecule has 5 rings (SSSR count). The van der Waals surface area contributed by atoms with Crippen LogP contribution < -0.4 is 15.4 Å². The number of hydrogen-bond donors (Lipinski definition) is 1. The zero-order valence-electron chi connectivity index (χ0n) is 20.6. The average molecular weight is 539 g/mol. The molecule has 8 nitrogen and oxygen atoms in total. The molecule has 0 radical (unpaired) electrons. The van der Waals surface area contributed by atoms with Crippen molar-refractivity contribution in [2.24, 2.45) is 5.73 Å². The number of rotatable bonds is 4. The lowest BCUT2D eigenvalue weighted by Crippen LogP contribution is -2.47. The van der Waals surface area contributed by atoms with Crippen LogP contribution in [0.25, 0.3) is 10.4 Å². The van der Waals surface area contributed by atoms with E-state index in [0.717, 1.165) is 29.1 Å². The summed E-state index contributed by atoms with van der Waals surface area (Å²) >= 11 is 7.94. The van der Waals surface area contributed by atoms with Crippen molar-refractivity contribution in [2.45, 2.75) is 6.42 Å². The molecule has 3 heterocycles. The molecule has 2 aliphatic rings. The summed E-state index contributed by atoms with van der Waals surface area (Å²) in [7, 11) is 3.71. The van der Waals surface area contributed by atoms with E-state index in [1.165, 1.54) is 16.2 Å². The van der Waals surface area contributed by atoms with Crippen LogP contribution >= 0.6 is 22.9 Å². The third-order valence-corrected chi connectivity index (χ3v) is 8.31. The minimum Gasteiger partial charge on any atom is -0.493 e. The quantitative estimate of drug-likeness (QED) is 0.545. The van der Waals surface area contributed by atoms with Crippen LogP contribution in [0.2, 0.25) is 5.02 Å². The first-order valence-corrected chi connectivity index (χ1v) is 13.2. The summed E-state index contributed by atoms with van der Waals surface area (Å²) in [5.74, 6) is -0.201. The van der Waals surface area contributed by atoms with Gasteiger partial charge in [0.1, 0.15) is 5.75 Å². The molecule has 0 atom stereocenters. The summed E-state index contributed by atoms with van der Waals surface area (Å²) in [5.41, 5.74) is 8.66. The van der Waals surface area contributed by atoms with Crippen LogP contribution in [0.1, 0.15) is 36.0 Å². The summed E-state index contributed by atoms with van der Waals surface area (Å²) in [6.45, 7) is 3.45. The predicted molar refractivity (Wildman–Crippen MR) is 145 cm³/mol. The van der Waals surface area contributed by atoms with Gasteiger partial charge in [0.25, 0.3) is 11.8 Å². The number of ether oxygens (including phenoxy) is 1. The van der Waals surface area contributed by atoms with Crippen molar-refractivity contribution in [1.82, 2.24) is 9.80 Å². The number of hydrogen-bond acceptors (Lipinski definition) is 6. The molecule has 2 aromatic carbocycles. The monoisotopic (exact) mass is 538 g/mol. The number of thiophene rings is 1. The van der Waals surface area contributed by atoms with Crippen molar-refractivity contribution >= 4 is 46.3 Å². The highest BCUT2D eigenvalue weighted by molar-refractivity contribution is 7.17. The molecule has 0 aliphatic carbocycles. The Kier molecular flexibility index (Phi) is 6.94. The highest BCUT2D eigenvalue weighted by atomic mass is 35.5. The van der Waals surface area contributed by atoms with Gasteiger partial charge in [0.2, 0.25) is 5.91 Å². The maximum absolute atomic E-state index is 13.5. The molecule has 3 amide bonds. The Balaban J connectivity index is 1.38. The first kappa shape index (κ1) is 25.3. The number of nitrogens with two attached hydrogens (primary N) is 1. The van der Waals surface area contributed by atoms with Crippen molar-refractivity contribution in [3.8, 4) is 16.2 Å². The van der Waals surface area contributed by atoms with Crippen molar-refractivity contribution < 1.29 is 19.1 Å². The fourth-order valence-electron chi connectivity index (χ4n) is 4.58. The fourth-order valence-corrected chi connectivity index (χ4v) is 6.10. The third-order valence-electron chi connectivity index (χ3n) is 6.81. The number of benzene rings is 2. The summed E-state index contributed by atoms with van der Waals surface area (Å²) in [6.07, 6.45) is 0.632. The predicted octanol–water partition coefficient (Wildman–Crippen LogP) is 3.77. The topological polar surface area (TPSA) is 96.2 Å². The van der Waals surface area contributed by atoms with E-state index < -0.39 is 5.91 Å². The SMILES string of the molecule is CN1CCN(C(=O)c2ccc(N(C)C(=O)c3cc4c(s3)-c3ccc(C(N)=O)cc3OCC4)c(Cl)c2)CC1. The van der Waals surface area contributed by atoms with E-state index in [4.69, 9.17) is 22.1 Å². The van der Waals surface area contributed by atoms with Gasteiger partial charge in [-0.15, -0.1) is 11.3 Å². The molecule has 1 saturated heterocycles. The largest absolute Gasteiger partial charge is 0.493 e. The molecule has 10 heteroatoms. The van der Waals surface area contributed by atoms with Crippen LogP contribution in [0.15, 0.2) is 42.5 Å². The van der Waals surface area contributed by atoms with Crippen molar-refractivity contribution in [2.75, 3.05) is 51.8 Å². The average Bonchev–Trinajstić information content (AvgIpc) is 3.23. The number of primary amides is 1. The lowest BCUT2D eigenvalue weighted by atomic mass is 10.1. The molecule has 37 heavy (non-hydrogen) atoms. The molecule has 2 N–H and O–H groups in total. The van der Waals surface area contributed by atoms with E-state index in [9.17, 15) is 14.4 Å². The molecule has 0 spiro atoms. The van der Waals surface area contributed by atoms with Crippen LogP contribution in [0, 0.1) is 0 Å². The van der Waals surface area contributed by atoms with Gasteiger partial charge in [-0.25, -0.2) is 0 Å². The van der Waals surface area contributed by atoms with Crippen molar-refractivity contribution in [1.29, 1.82) is 0 Å². The van der Waals surface area contributed by atoms with Gasteiger partial charge in [-0.3, -0.25) is 14.4 Å². The van der Waals surface area contributed by atoms with Gasteiger partial charge in [-0.2, -0.15) is 0 Å². The Labute approximate surface area is 224 Å². The van der Waals surface area contributed by atoms with Crippen molar-refractivity contribution in [3.05, 3.63) is 69.1 Å². The van der Waals surface area contributed by atoms with E-state index >= 15 is 0 Å². The molecule has 192 valence electrons. The Hall–Kier alpha value is -3.40. The second-order valence-corrected chi connectivity index (χ2v) is 10.7. The van der Waals surface area contributed by atoms with E-state index in [1.54, 1.807) is 43.4 Å². The smallest absolute Gasteiger partial charge is 0.268 e. The van der Waals surface area contributed by atoms with Gasteiger partial charge < -0.3 is 25.2 Å². The van der Waals surface area contributed by atoms with Crippen LogP contribution in [-0.2, 0) is 6.42 Å². The highest BCUT2D eigenvalue weighted by Crippen LogP contribution is 2.42. The Morgan fingerprint density at radius 2 is 1.76 bits per heavy atom. The lowest BCUT2D eigenvalue weighted by Gasteiger charge is -2.32.